The van der Waals surface area contributed by atoms with Gasteiger partial charge >= 0.3 is 5.97 Å². The lowest BCUT2D eigenvalue weighted by Crippen LogP contribution is -2.35. The van der Waals surface area contributed by atoms with E-state index in [0.29, 0.717) is 16.9 Å². The first-order chi connectivity index (χ1) is 15.8. The third kappa shape index (κ3) is 6.16. The van der Waals surface area contributed by atoms with Gasteiger partial charge in [0, 0.05) is 13.6 Å². The third-order valence-corrected chi connectivity index (χ3v) is 5.44. The normalized spacial score (nSPS) is 17.0. The molecule has 8 heteroatoms. The molecular formula is C25H33FN4O3. The SMILES string of the molecule is CC.CC1=CC=CNC1C(=O)O.Cn1c(C2=CCCCC2)nc2c(CN)cc(F)cc2c1=O. The highest BCUT2D eigenvalue weighted by Crippen LogP contribution is 2.26. The fraction of sp³-hybridized carbons (Fsp3) is 0.400. The van der Waals surface area contributed by atoms with E-state index in [2.05, 4.69) is 16.4 Å². The van der Waals surface area contributed by atoms with Gasteiger partial charge in [0.1, 0.15) is 17.7 Å². The maximum Gasteiger partial charge on any atom is 0.330 e. The second-order valence-electron chi connectivity index (χ2n) is 7.65. The Morgan fingerprint density at radius 3 is 2.61 bits per heavy atom. The number of allylic oxidation sites excluding steroid dienone is 4. The molecule has 0 saturated heterocycles. The minimum Gasteiger partial charge on any atom is -0.479 e. The number of carboxylic acid groups (broad SMARTS) is 1. The van der Waals surface area contributed by atoms with E-state index in [1.54, 1.807) is 32.3 Å². The van der Waals surface area contributed by atoms with Crippen molar-refractivity contribution in [2.45, 2.75) is 59.0 Å². The monoisotopic (exact) mass is 456 g/mol. The smallest absolute Gasteiger partial charge is 0.330 e. The van der Waals surface area contributed by atoms with E-state index in [0.717, 1.165) is 30.4 Å². The van der Waals surface area contributed by atoms with E-state index in [-0.39, 0.29) is 17.5 Å². The maximum absolute atomic E-state index is 13.6. The lowest BCUT2D eigenvalue weighted by molar-refractivity contribution is -0.138. The molecular weight excluding hydrogens is 423 g/mol. The average Bonchev–Trinajstić information content (AvgIpc) is 2.83. The van der Waals surface area contributed by atoms with Gasteiger partial charge in [0.25, 0.3) is 5.56 Å². The highest BCUT2D eigenvalue weighted by molar-refractivity contribution is 5.82. The molecule has 0 spiro atoms. The highest BCUT2D eigenvalue weighted by atomic mass is 19.1. The number of hydrogen-bond acceptors (Lipinski definition) is 5. The van der Waals surface area contributed by atoms with Crippen molar-refractivity contribution >= 4 is 22.4 Å². The molecule has 4 N–H and O–H groups in total. The average molecular weight is 457 g/mol. The molecule has 4 rings (SSSR count). The first-order valence-corrected chi connectivity index (χ1v) is 11.2. The zero-order chi connectivity index (χ0) is 24.5. The Hall–Kier alpha value is -3.26. The van der Waals surface area contributed by atoms with Gasteiger partial charge in [0.2, 0.25) is 0 Å². The van der Waals surface area contributed by atoms with Crippen LogP contribution in [0.2, 0.25) is 0 Å². The Balaban J connectivity index is 0.000000270. The van der Waals surface area contributed by atoms with Crippen LogP contribution >= 0.6 is 0 Å². The van der Waals surface area contributed by atoms with Crippen LogP contribution in [0.15, 0.2) is 46.9 Å². The van der Waals surface area contributed by atoms with Crippen LogP contribution in [0.5, 0.6) is 0 Å². The number of benzene rings is 1. The molecule has 1 aromatic heterocycles. The summed E-state index contributed by atoms with van der Waals surface area (Å²) < 4.78 is 15.1. The number of nitrogens with two attached hydrogens (primary N) is 1. The van der Waals surface area contributed by atoms with Crippen LogP contribution in [-0.4, -0.2) is 26.7 Å². The summed E-state index contributed by atoms with van der Waals surface area (Å²) >= 11 is 0. The van der Waals surface area contributed by atoms with E-state index in [9.17, 15) is 14.0 Å². The summed E-state index contributed by atoms with van der Waals surface area (Å²) in [5.74, 6) is -0.613. The predicted octanol–water partition coefficient (Wildman–Crippen LogP) is 4.02. The summed E-state index contributed by atoms with van der Waals surface area (Å²) in [6.45, 7) is 5.95. The molecule has 0 saturated carbocycles. The summed E-state index contributed by atoms with van der Waals surface area (Å²) in [7, 11) is 1.69. The van der Waals surface area contributed by atoms with E-state index >= 15 is 0 Å². The molecule has 0 bridgehead atoms. The molecule has 1 atom stereocenters. The van der Waals surface area contributed by atoms with Gasteiger partial charge in [-0.3, -0.25) is 9.36 Å². The minimum absolute atomic E-state index is 0.160. The van der Waals surface area contributed by atoms with Gasteiger partial charge in [-0.2, -0.15) is 0 Å². The van der Waals surface area contributed by atoms with E-state index < -0.39 is 17.8 Å². The molecule has 1 aliphatic heterocycles. The van der Waals surface area contributed by atoms with Gasteiger partial charge in [-0.25, -0.2) is 14.2 Å². The van der Waals surface area contributed by atoms with Crippen molar-refractivity contribution in [1.82, 2.24) is 14.9 Å². The predicted molar refractivity (Wildman–Crippen MR) is 130 cm³/mol. The second kappa shape index (κ2) is 12.1. The van der Waals surface area contributed by atoms with E-state index in [4.69, 9.17) is 10.8 Å². The van der Waals surface area contributed by atoms with Gasteiger partial charge in [-0.1, -0.05) is 26.0 Å². The van der Waals surface area contributed by atoms with Crippen LogP contribution in [0.25, 0.3) is 16.5 Å². The standard InChI is InChI=1S/C16H18FN3O.C7H9NO2.C2H6/c1-20-15(10-5-3-2-4-6-10)19-14-11(9-18)7-12(17)8-13(14)16(20)21;1-5-3-2-4-8-6(5)7(9)10;1-2/h5,7-8H,2-4,6,9,18H2,1H3;2-4,6,8H,1H3,(H,9,10);1-2H3. The van der Waals surface area contributed by atoms with Crippen LogP contribution in [0, 0.1) is 5.82 Å². The number of nitrogens with one attached hydrogen (secondary N) is 1. The number of aromatic nitrogens is 2. The Bertz CT molecular complexity index is 1150. The number of carboxylic acids is 1. The fourth-order valence-corrected chi connectivity index (χ4v) is 3.74. The number of halogens is 1. The first-order valence-electron chi connectivity index (χ1n) is 11.2. The number of rotatable bonds is 3. The Morgan fingerprint density at radius 2 is 2.06 bits per heavy atom. The molecule has 7 nitrogen and oxygen atoms in total. The zero-order valence-electron chi connectivity index (χ0n) is 19.7. The lowest BCUT2D eigenvalue weighted by atomic mass is 9.98. The molecule has 1 aromatic carbocycles. The quantitative estimate of drug-likeness (QED) is 0.644. The number of fused-ring (bicyclic) bond motifs is 1. The van der Waals surface area contributed by atoms with Crippen molar-refractivity contribution < 1.29 is 14.3 Å². The maximum atomic E-state index is 13.6. The number of carbonyl (C=O) groups is 1. The Morgan fingerprint density at radius 1 is 1.33 bits per heavy atom. The molecule has 33 heavy (non-hydrogen) atoms. The largest absolute Gasteiger partial charge is 0.479 e. The first kappa shape index (κ1) is 26.0. The van der Waals surface area contributed by atoms with Crippen molar-refractivity contribution in [3.05, 3.63) is 69.7 Å². The summed E-state index contributed by atoms with van der Waals surface area (Å²) in [5, 5.41) is 11.6. The summed E-state index contributed by atoms with van der Waals surface area (Å²) in [4.78, 5) is 27.5. The fourth-order valence-electron chi connectivity index (χ4n) is 3.74. The molecule has 2 heterocycles. The summed E-state index contributed by atoms with van der Waals surface area (Å²) in [5.41, 5.74) is 8.45. The van der Waals surface area contributed by atoms with Gasteiger partial charge < -0.3 is 16.2 Å². The molecule has 1 aliphatic carbocycles. The highest BCUT2D eigenvalue weighted by Gasteiger charge is 2.18. The minimum atomic E-state index is -0.835. The van der Waals surface area contributed by atoms with Gasteiger partial charge in [0.05, 0.1) is 10.9 Å². The molecule has 0 radical (unpaired) electrons. The van der Waals surface area contributed by atoms with Crippen molar-refractivity contribution in [2.24, 2.45) is 12.8 Å². The zero-order valence-corrected chi connectivity index (χ0v) is 19.7. The Labute approximate surface area is 193 Å². The van der Waals surface area contributed by atoms with Gasteiger partial charge in [0.15, 0.2) is 0 Å². The second-order valence-corrected chi connectivity index (χ2v) is 7.65. The lowest BCUT2D eigenvalue weighted by Gasteiger charge is -2.16. The number of nitrogens with zero attached hydrogens (tertiary/aromatic N) is 2. The van der Waals surface area contributed by atoms with Crippen molar-refractivity contribution in [2.75, 3.05) is 0 Å². The molecule has 2 aromatic rings. The van der Waals surface area contributed by atoms with Crippen LogP contribution in [0.3, 0.4) is 0 Å². The molecule has 2 aliphatic rings. The summed E-state index contributed by atoms with van der Waals surface area (Å²) in [6, 6.07) is 2.06. The molecule has 1 unspecified atom stereocenters. The Kier molecular flexibility index (Phi) is 9.54. The molecule has 0 amide bonds. The topological polar surface area (TPSA) is 110 Å². The van der Waals surface area contributed by atoms with Crippen molar-refractivity contribution in [3.8, 4) is 0 Å². The third-order valence-electron chi connectivity index (χ3n) is 5.44. The van der Waals surface area contributed by atoms with E-state index in [1.807, 2.05) is 13.8 Å². The number of hydrogen-bond donors (Lipinski definition) is 3. The van der Waals surface area contributed by atoms with Crippen molar-refractivity contribution in [3.63, 3.8) is 0 Å². The van der Waals surface area contributed by atoms with Crippen LogP contribution < -0.4 is 16.6 Å². The summed E-state index contributed by atoms with van der Waals surface area (Å²) in [6.07, 6.45) is 11.6. The number of aliphatic carboxylic acids is 1. The molecule has 178 valence electrons. The van der Waals surface area contributed by atoms with Gasteiger partial charge in [-0.15, -0.1) is 0 Å². The number of dihydropyridines is 1. The molecule has 0 fully saturated rings. The van der Waals surface area contributed by atoms with Crippen molar-refractivity contribution in [1.29, 1.82) is 0 Å². The van der Waals surface area contributed by atoms with Crippen LogP contribution in [-0.2, 0) is 18.4 Å². The van der Waals surface area contributed by atoms with Gasteiger partial charge in [-0.05, 0) is 73.7 Å². The van der Waals surface area contributed by atoms with E-state index in [1.165, 1.54) is 23.1 Å². The van der Waals surface area contributed by atoms with Crippen LogP contribution in [0.4, 0.5) is 4.39 Å². The van der Waals surface area contributed by atoms with Crippen LogP contribution in [0.1, 0.15) is 57.8 Å².